The molecular formula is C15H28N2O. The highest BCUT2D eigenvalue weighted by atomic mass is 16.2. The molecule has 0 aromatic heterocycles. The van der Waals surface area contributed by atoms with Crippen molar-refractivity contribution in [1.29, 1.82) is 0 Å². The minimum absolute atomic E-state index is 0.327. The van der Waals surface area contributed by atoms with Gasteiger partial charge in [0.05, 0.1) is 0 Å². The molecule has 2 rings (SSSR count). The van der Waals surface area contributed by atoms with Gasteiger partial charge in [-0.1, -0.05) is 6.42 Å². The standard InChI is InChI=1S/C15H28N2O/c1-11-5-3-6-12(2)17(11)15(18)10-13-7-4-8-14(16)9-13/h11-14H,3-10,16H2,1-2H3. The van der Waals surface area contributed by atoms with E-state index in [9.17, 15) is 4.79 Å². The molecular weight excluding hydrogens is 224 g/mol. The Morgan fingerprint density at radius 2 is 1.72 bits per heavy atom. The third-order valence-electron chi connectivity index (χ3n) is 4.77. The normalized spacial score (nSPS) is 37.6. The van der Waals surface area contributed by atoms with E-state index in [0.29, 0.717) is 30.0 Å². The lowest BCUT2D eigenvalue weighted by atomic mass is 9.83. The van der Waals surface area contributed by atoms with Gasteiger partial charge in [0.25, 0.3) is 0 Å². The van der Waals surface area contributed by atoms with Crippen molar-refractivity contribution in [1.82, 2.24) is 4.90 Å². The van der Waals surface area contributed by atoms with Crippen LogP contribution in [0.2, 0.25) is 0 Å². The van der Waals surface area contributed by atoms with Gasteiger partial charge in [-0.2, -0.15) is 0 Å². The van der Waals surface area contributed by atoms with Gasteiger partial charge in [-0.05, 0) is 58.3 Å². The topological polar surface area (TPSA) is 46.3 Å². The van der Waals surface area contributed by atoms with Crippen molar-refractivity contribution in [3.05, 3.63) is 0 Å². The molecule has 18 heavy (non-hydrogen) atoms. The van der Waals surface area contributed by atoms with Crippen molar-refractivity contribution in [2.75, 3.05) is 0 Å². The number of amides is 1. The van der Waals surface area contributed by atoms with Gasteiger partial charge in [0.15, 0.2) is 0 Å². The van der Waals surface area contributed by atoms with Gasteiger partial charge in [0.2, 0.25) is 5.91 Å². The highest BCUT2D eigenvalue weighted by molar-refractivity contribution is 5.77. The van der Waals surface area contributed by atoms with Crippen molar-refractivity contribution >= 4 is 5.91 Å². The average Bonchev–Trinajstić information content (AvgIpc) is 2.28. The first-order valence-electron chi connectivity index (χ1n) is 7.64. The van der Waals surface area contributed by atoms with E-state index in [-0.39, 0.29) is 0 Å². The Hall–Kier alpha value is -0.570. The third-order valence-corrected chi connectivity index (χ3v) is 4.77. The average molecular weight is 252 g/mol. The van der Waals surface area contributed by atoms with Crippen molar-refractivity contribution < 1.29 is 4.79 Å². The number of hydrogen-bond donors (Lipinski definition) is 1. The van der Waals surface area contributed by atoms with Gasteiger partial charge in [-0.25, -0.2) is 0 Å². The molecule has 3 nitrogen and oxygen atoms in total. The molecule has 0 aromatic carbocycles. The maximum Gasteiger partial charge on any atom is 0.223 e. The molecule has 3 heteroatoms. The number of likely N-dealkylation sites (tertiary alicyclic amines) is 1. The van der Waals surface area contributed by atoms with Crippen LogP contribution in [0.4, 0.5) is 0 Å². The molecule has 0 bridgehead atoms. The molecule has 1 saturated carbocycles. The second-order valence-corrected chi connectivity index (χ2v) is 6.43. The summed E-state index contributed by atoms with van der Waals surface area (Å²) in [5.74, 6) is 0.899. The second-order valence-electron chi connectivity index (χ2n) is 6.43. The van der Waals surface area contributed by atoms with Crippen LogP contribution in [0.5, 0.6) is 0 Å². The van der Waals surface area contributed by atoms with Gasteiger partial charge in [-0.3, -0.25) is 4.79 Å². The summed E-state index contributed by atoms with van der Waals surface area (Å²) in [6.45, 7) is 4.39. The summed E-state index contributed by atoms with van der Waals surface area (Å²) < 4.78 is 0. The monoisotopic (exact) mass is 252 g/mol. The maximum atomic E-state index is 12.5. The number of carbonyl (C=O) groups is 1. The minimum atomic E-state index is 0.327. The van der Waals surface area contributed by atoms with Crippen LogP contribution in [0, 0.1) is 5.92 Å². The quantitative estimate of drug-likeness (QED) is 0.821. The fourth-order valence-corrected chi connectivity index (χ4v) is 3.78. The molecule has 2 N–H and O–H groups in total. The predicted octanol–water partition coefficient (Wildman–Crippen LogP) is 2.68. The minimum Gasteiger partial charge on any atom is -0.337 e. The van der Waals surface area contributed by atoms with Gasteiger partial charge < -0.3 is 10.6 Å². The lowest BCUT2D eigenvalue weighted by Gasteiger charge is -2.40. The van der Waals surface area contributed by atoms with E-state index < -0.39 is 0 Å². The summed E-state index contributed by atoms with van der Waals surface area (Å²) in [5.41, 5.74) is 6.01. The van der Waals surface area contributed by atoms with Crippen LogP contribution in [0.3, 0.4) is 0 Å². The van der Waals surface area contributed by atoms with E-state index in [4.69, 9.17) is 5.73 Å². The van der Waals surface area contributed by atoms with E-state index in [2.05, 4.69) is 18.7 Å². The third kappa shape index (κ3) is 3.25. The van der Waals surface area contributed by atoms with Crippen LogP contribution >= 0.6 is 0 Å². The van der Waals surface area contributed by atoms with Crippen LogP contribution in [-0.4, -0.2) is 28.9 Å². The summed E-state index contributed by atoms with van der Waals surface area (Å²) in [6, 6.07) is 1.18. The number of piperidine rings is 1. The Morgan fingerprint density at radius 3 is 2.33 bits per heavy atom. The molecule has 104 valence electrons. The second kappa shape index (κ2) is 6.05. The van der Waals surface area contributed by atoms with Crippen LogP contribution in [-0.2, 0) is 4.79 Å². The van der Waals surface area contributed by atoms with Crippen LogP contribution < -0.4 is 5.73 Å². The number of nitrogens with zero attached hydrogens (tertiary/aromatic N) is 1. The summed E-state index contributed by atoms with van der Waals surface area (Å²) in [7, 11) is 0. The Labute approximate surface area is 111 Å². The van der Waals surface area contributed by atoms with E-state index in [1.807, 2.05) is 0 Å². The van der Waals surface area contributed by atoms with Gasteiger partial charge in [-0.15, -0.1) is 0 Å². The molecule has 2 fully saturated rings. The zero-order valence-corrected chi connectivity index (χ0v) is 11.9. The molecule has 0 aromatic rings. The first-order chi connectivity index (χ1) is 8.58. The smallest absolute Gasteiger partial charge is 0.223 e. The fraction of sp³-hybridized carbons (Fsp3) is 0.933. The fourth-order valence-electron chi connectivity index (χ4n) is 3.78. The molecule has 4 unspecified atom stereocenters. The summed E-state index contributed by atoms with van der Waals surface area (Å²) in [4.78, 5) is 14.6. The van der Waals surface area contributed by atoms with E-state index >= 15 is 0 Å². The molecule has 1 aliphatic carbocycles. The predicted molar refractivity (Wildman–Crippen MR) is 74.2 cm³/mol. The summed E-state index contributed by atoms with van der Waals surface area (Å²) in [5, 5.41) is 0. The summed E-state index contributed by atoms with van der Waals surface area (Å²) >= 11 is 0. The Morgan fingerprint density at radius 1 is 1.11 bits per heavy atom. The molecule has 0 spiro atoms. The van der Waals surface area contributed by atoms with Crippen molar-refractivity contribution in [2.24, 2.45) is 11.7 Å². The number of rotatable bonds is 2. The molecule has 4 atom stereocenters. The summed E-state index contributed by atoms with van der Waals surface area (Å²) in [6.07, 6.45) is 8.90. The lowest BCUT2D eigenvalue weighted by Crippen LogP contribution is -2.48. The molecule has 0 radical (unpaired) electrons. The zero-order chi connectivity index (χ0) is 13.1. The van der Waals surface area contributed by atoms with Crippen LogP contribution in [0.15, 0.2) is 0 Å². The molecule has 2 aliphatic rings. The van der Waals surface area contributed by atoms with Gasteiger partial charge >= 0.3 is 0 Å². The number of nitrogens with two attached hydrogens (primary N) is 1. The van der Waals surface area contributed by atoms with E-state index in [1.165, 1.54) is 32.1 Å². The largest absolute Gasteiger partial charge is 0.337 e. The van der Waals surface area contributed by atoms with Crippen molar-refractivity contribution in [3.8, 4) is 0 Å². The lowest BCUT2D eigenvalue weighted by molar-refractivity contribution is -0.138. The highest BCUT2D eigenvalue weighted by Crippen LogP contribution is 2.29. The van der Waals surface area contributed by atoms with Gasteiger partial charge in [0.1, 0.15) is 0 Å². The molecule has 1 heterocycles. The first kappa shape index (κ1) is 13.9. The number of carbonyl (C=O) groups excluding carboxylic acids is 1. The molecule has 1 saturated heterocycles. The first-order valence-corrected chi connectivity index (χ1v) is 7.64. The SMILES string of the molecule is CC1CCCC(C)N1C(=O)CC1CCCC(N)C1. The molecule has 1 aliphatic heterocycles. The number of hydrogen-bond acceptors (Lipinski definition) is 2. The van der Waals surface area contributed by atoms with Crippen LogP contribution in [0.25, 0.3) is 0 Å². The Kier molecular flexibility index (Phi) is 4.66. The van der Waals surface area contributed by atoms with E-state index in [1.54, 1.807) is 0 Å². The van der Waals surface area contributed by atoms with E-state index in [0.717, 1.165) is 19.3 Å². The highest BCUT2D eigenvalue weighted by Gasteiger charge is 2.31. The van der Waals surface area contributed by atoms with Crippen molar-refractivity contribution in [3.63, 3.8) is 0 Å². The Balaban J connectivity index is 1.89. The molecule has 1 amide bonds. The zero-order valence-electron chi connectivity index (χ0n) is 11.9. The van der Waals surface area contributed by atoms with Crippen molar-refractivity contribution in [2.45, 2.75) is 83.3 Å². The van der Waals surface area contributed by atoms with Gasteiger partial charge in [0, 0.05) is 24.5 Å². The van der Waals surface area contributed by atoms with Crippen LogP contribution in [0.1, 0.15) is 65.2 Å². The Bertz CT molecular complexity index is 282. The maximum absolute atomic E-state index is 12.5.